The smallest absolute Gasteiger partial charge is 0.328 e. The second-order valence-corrected chi connectivity index (χ2v) is 6.36. The maximum absolute atomic E-state index is 12.6. The molecule has 2 atom stereocenters. The monoisotopic (exact) mass is 318 g/mol. The Bertz CT molecular complexity index is 428. The minimum Gasteiger partial charge on any atom is -0.480 e. The van der Waals surface area contributed by atoms with Gasteiger partial charge < -0.3 is 15.3 Å². The molecular formula is C13H19FN2O4S. The van der Waals surface area contributed by atoms with Crippen molar-refractivity contribution in [2.24, 2.45) is 5.92 Å². The largest absolute Gasteiger partial charge is 0.480 e. The van der Waals surface area contributed by atoms with Crippen LogP contribution in [0.4, 0.5) is 4.39 Å². The number of rotatable bonds is 5. The van der Waals surface area contributed by atoms with Gasteiger partial charge in [0.15, 0.2) is 6.04 Å². The third kappa shape index (κ3) is 3.66. The van der Waals surface area contributed by atoms with Crippen molar-refractivity contribution < 1.29 is 23.9 Å². The van der Waals surface area contributed by atoms with E-state index in [0.29, 0.717) is 11.6 Å². The minimum atomic E-state index is -1.55. The number of alkyl halides is 1. The van der Waals surface area contributed by atoms with E-state index in [2.05, 4.69) is 5.32 Å². The zero-order valence-corrected chi connectivity index (χ0v) is 12.4. The van der Waals surface area contributed by atoms with Gasteiger partial charge in [0, 0.05) is 11.7 Å². The van der Waals surface area contributed by atoms with E-state index >= 15 is 0 Å². The maximum Gasteiger partial charge on any atom is 0.328 e. The third-order valence-corrected chi connectivity index (χ3v) is 4.95. The Hall–Kier alpha value is -1.31. The lowest BCUT2D eigenvalue weighted by Gasteiger charge is -2.26. The summed E-state index contributed by atoms with van der Waals surface area (Å²) in [6, 6.07) is -2.25. The lowest BCUT2D eigenvalue weighted by molar-refractivity contribution is -0.144. The molecule has 0 radical (unpaired) electrons. The van der Waals surface area contributed by atoms with E-state index in [1.165, 1.54) is 16.7 Å². The Morgan fingerprint density at radius 2 is 2.00 bits per heavy atom. The van der Waals surface area contributed by atoms with Crippen LogP contribution in [0, 0.1) is 5.92 Å². The molecule has 6 nitrogen and oxygen atoms in total. The number of carbonyl (C=O) groups excluding carboxylic acids is 2. The lowest BCUT2D eigenvalue weighted by atomic mass is 10.1. The Kier molecular flexibility index (Phi) is 5.44. The highest BCUT2D eigenvalue weighted by Crippen LogP contribution is 2.30. The zero-order valence-electron chi connectivity index (χ0n) is 11.6. The van der Waals surface area contributed by atoms with Crippen molar-refractivity contribution in [3.63, 3.8) is 0 Å². The summed E-state index contributed by atoms with van der Waals surface area (Å²) >= 11 is 1.45. The van der Waals surface area contributed by atoms with Crippen molar-refractivity contribution in [2.45, 2.75) is 37.8 Å². The van der Waals surface area contributed by atoms with Crippen LogP contribution < -0.4 is 5.32 Å². The van der Waals surface area contributed by atoms with Gasteiger partial charge in [-0.1, -0.05) is 12.8 Å². The van der Waals surface area contributed by atoms with Crippen LogP contribution in [0.5, 0.6) is 0 Å². The summed E-state index contributed by atoms with van der Waals surface area (Å²) in [5.74, 6) is -1.22. The summed E-state index contributed by atoms with van der Waals surface area (Å²) in [6.07, 6.45) is 3.74. The van der Waals surface area contributed by atoms with E-state index in [1.54, 1.807) is 0 Å². The molecule has 2 rings (SSSR count). The fourth-order valence-corrected chi connectivity index (χ4v) is 3.88. The average molecular weight is 318 g/mol. The fraction of sp³-hybridized carbons (Fsp3) is 0.769. The van der Waals surface area contributed by atoms with Crippen molar-refractivity contribution in [1.29, 1.82) is 0 Å². The molecule has 0 aromatic rings. The summed E-state index contributed by atoms with van der Waals surface area (Å²) in [5, 5.41) is 10.9. The Morgan fingerprint density at radius 3 is 2.57 bits per heavy atom. The summed E-state index contributed by atoms with van der Waals surface area (Å²) in [6.45, 7) is -1.17. The first-order valence-corrected chi connectivity index (χ1v) is 8.17. The van der Waals surface area contributed by atoms with Gasteiger partial charge >= 0.3 is 5.97 Å². The number of thioether (sulfide) groups is 1. The highest BCUT2D eigenvalue weighted by molar-refractivity contribution is 7.99. The van der Waals surface area contributed by atoms with Crippen LogP contribution in [0.15, 0.2) is 0 Å². The van der Waals surface area contributed by atoms with Crippen LogP contribution in [-0.4, -0.2) is 58.2 Å². The number of nitrogens with one attached hydrogen (secondary N) is 1. The molecule has 2 N–H and O–H groups in total. The molecule has 2 unspecified atom stereocenters. The molecule has 0 aromatic heterocycles. The highest BCUT2D eigenvalue weighted by Gasteiger charge is 2.39. The number of carboxylic acid groups (broad SMARTS) is 1. The van der Waals surface area contributed by atoms with Crippen molar-refractivity contribution in [1.82, 2.24) is 10.2 Å². The first-order chi connectivity index (χ1) is 10.0. The first kappa shape index (κ1) is 16.1. The van der Waals surface area contributed by atoms with Gasteiger partial charge in [-0.3, -0.25) is 9.59 Å². The molecule has 1 saturated heterocycles. The van der Waals surface area contributed by atoms with Gasteiger partial charge in [0.05, 0.1) is 5.88 Å². The molecule has 1 aliphatic carbocycles. The normalized spacial score (nSPS) is 24.0. The number of halogens is 1. The van der Waals surface area contributed by atoms with Crippen LogP contribution in [0.3, 0.4) is 0 Å². The molecule has 0 spiro atoms. The number of nitrogens with zero attached hydrogens (tertiary/aromatic N) is 1. The summed E-state index contributed by atoms with van der Waals surface area (Å²) in [7, 11) is 0. The molecule has 2 fully saturated rings. The Labute approximate surface area is 126 Å². The standard InChI is InChI=1S/C13H19FN2O4S/c14-5-9(13(19)20)15-11(17)10-6-21-7-16(10)12(18)8-3-1-2-4-8/h8-10H,1-7H2,(H,15,17)(H,19,20). The molecule has 0 bridgehead atoms. The topological polar surface area (TPSA) is 86.7 Å². The van der Waals surface area contributed by atoms with E-state index in [0.717, 1.165) is 25.7 Å². The van der Waals surface area contributed by atoms with E-state index < -0.39 is 30.6 Å². The van der Waals surface area contributed by atoms with Gasteiger partial charge in [-0.15, -0.1) is 11.8 Å². The van der Waals surface area contributed by atoms with Crippen molar-refractivity contribution in [3.8, 4) is 0 Å². The number of hydrogen-bond donors (Lipinski definition) is 2. The van der Waals surface area contributed by atoms with E-state index in [4.69, 9.17) is 5.11 Å². The van der Waals surface area contributed by atoms with Crippen LogP contribution in [0.1, 0.15) is 25.7 Å². The van der Waals surface area contributed by atoms with Gasteiger partial charge in [0.1, 0.15) is 12.7 Å². The van der Waals surface area contributed by atoms with Crippen molar-refractivity contribution >= 4 is 29.5 Å². The summed E-state index contributed by atoms with van der Waals surface area (Å²) in [5.41, 5.74) is 0. The quantitative estimate of drug-likeness (QED) is 0.776. The van der Waals surface area contributed by atoms with Crippen molar-refractivity contribution in [2.75, 3.05) is 18.3 Å². The van der Waals surface area contributed by atoms with Gasteiger partial charge in [0.25, 0.3) is 0 Å². The number of carbonyl (C=O) groups is 3. The molecule has 2 aliphatic rings. The number of aliphatic carboxylic acids is 1. The molecule has 118 valence electrons. The molecular weight excluding hydrogens is 299 g/mol. The van der Waals surface area contributed by atoms with E-state index in [1.807, 2.05) is 0 Å². The van der Waals surface area contributed by atoms with Crippen LogP contribution in [-0.2, 0) is 14.4 Å². The Balaban J connectivity index is 1.98. The number of carboxylic acids is 1. The third-order valence-electron chi connectivity index (χ3n) is 3.94. The SMILES string of the molecule is O=C(O)C(CF)NC(=O)C1CSCN1C(=O)C1CCCC1. The van der Waals surface area contributed by atoms with Gasteiger partial charge in [-0.25, -0.2) is 9.18 Å². The summed E-state index contributed by atoms with van der Waals surface area (Å²) < 4.78 is 12.6. The van der Waals surface area contributed by atoms with Crippen LogP contribution >= 0.6 is 11.8 Å². The molecule has 1 heterocycles. The van der Waals surface area contributed by atoms with Crippen molar-refractivity contribution in [3.05, 3.63) is 0 Å². The maximum atomic E-state index is 12.6. The van der Waals surface area contributed by atoms with Crippen LogP contribution in [0.25, 0.3) is 0 Å². The fourth-order valence-electron chi connectivity index (χ4n) is 2.72. The predicted molar refractivity (Wildman–Crippen MR) is 75.5 cm³/mol. The molecule has 1 saturated carbocycles. The number of hydrogen-bond acceptors (Lipinski definition) is 4. The molecule has 21 heavy (non-hydrogen) atoms. The molecule has 0 aromatic carbocycles. The minimum absolute atomic E-state index is 0.0320. The van der Waals surface area contributed by atoms with E-state index in [9.17, 15) is 18.8 Å². The second kappa shape index (κ2) is 7.11. The Morgan fingerprint density at radius 1 is 1.33 bits per heavy atom. The predicted octanol–water partition coefficient (Wildman–Crippen LogP) is 0.617. The lowest BCUT2D eigenvalue weighted by Crippen LogP contribution is -2.53. The zero-order chi connectivity index (χ0) is 15.4. The number of amides is 2. The molecule has 1 aliphatic heterocycles. The first-order valence-electron chi connectivity index (χ1n) is 7.02. The molecule has 8 heteroatoms. The average Bonchev–Trinajstić information content (AvgIpc) is 3.13. The van der Waals surface area contributed by atoms with Gasteiger partial charge in [-0.2, -0.15) is 0 Å². The van der Waals surface area contributed by atoms with Gasteiger partial charge in [-0.05, 0) is 12.8 Å². The highest BCUT2D eigenvalue weighted by atomic mass is 32.2. The van der Waals surface area contributed by atoms with Crippen LogP contribution in [0.2, 0.25) is 0 Å². The van der Waals surface area contributed by atoms with Gasteiger partial charge in [0.2, 0.25) is 11.8 Å². The van der Waals surface area contributed by atoms with E-state index in [-0.39, 0.29) is 11.8 Å². The second-order valence-electron chi connectivity index (χ2n) is 5.36. The molecule has 2 amide bonds. The summed E-state index contributed by atoms with van der Waals surface area (Å²) in [4.78, 5) is 36.8.